The Hall–Kier alpha value is -3.05. The fourth-order valence-electron chi connectivity index (χ4n) is 4.82. The molecule has 1 aromatic carbocycles. The molecule has 0 aromatic heterocycles. The molecule has 34 heavy (non-hydrogen) atoms. The number of fused-ring (bicyclic) bond motifs is 1. The normalized spacial score (nSPS) is 23.2. The summed E-state index contributed by atoms with van der Waals surface area (Å²) in [6.07, 6.45) is 6.07. The van der Waals surface area contributed by atoms with E-state index >= 15 is 0 Å². The van der Waals surface area contributed by atoms with Crippen LogP contribution in [-0.4, -0.2) is 61.5 Å². The Labute approximate surface area is 198 Å². The fourth-order valence-corrected chi connectivity index (χ4v) is 5.33. The van der Waals surface area contributed by atoms with Gasteiger partial charge in [0, 0.05) is 37.7 Å². The van der Waals surface area contributed by atoms with Gasteiger partial charge in [-0.3, -0.25) is 24.1 Å². The predicted octanol–water partition coefficient (Wildman–Crippen LogP) is 0.852. The van der Waals surface area contributed by atoms with E-state index < -0.39 is 10.0 Å². The zero-order valence-corrected chi connectivity index (χ0v) is 19.5. The van der Waals surface area contributed by atoms with Gasteiger partial charge >= 0.3 is 0 Å². The highest BCUT2D eigenvalue weighted by molar-refractivity contribution is 7.89. The van der Waals surface area contributed by atoms with Crippen molar-refractivity contribution in [2.24, 2.45) is 22.9 Å². The molecule has 1 aliphatic carbocycles. The van der Waals surface area contributed by atoms with Crippen LogP contribution in [0, 0.1) is 17.8 Å². The lowest BCUT2D eigenvalue weighted by atomic mass is 9.85. The number of hydrogen-bond acceptors (Lipinski definition) is 6. The van der Waals surface area contributed by atoms with Gasteiger partial charge < -0.3 is 10.2 Å². The van der Waals surface area contributed by atoms with E-state index in [0.717, 1.165) is 0 Å². The van der Waals surface area contributed by atoms with Gasteiger partial charge in [0.2, 0.25) is 33.7 Å². The lowest BCUT2D eigenvalue weighted by Gasteiger charge is -2.31. The van der Waals surface area contributed by atoms with E-state index in [0.29, 0.717) is 44.5 Å². The van der Waals surface area contributed by atoms with Crippen LogP contribution in [0.1, 0.15) is 32.1 Å². The van der Waals surface area contributed by atoms with E-state index in [1.807, 2.05) is 12.2 Å². The second-order valence-corrected chi connectivity index (χ2v) is 10.5. The van der Waals surface area contributed by atoms with Crippen LogP contribution in [0.25, 0.3) is 0 Å². The van der Waals surface area contributed by atoms with E-state index in [1.165, 1.54) is 29.2 Å². The molecule has 182 valence electrons. The molecule has 2 saturated heterocycles. The SMILES string of the molecule is NS(=O)(=O)c1ccc(NC(=O)C2CCN(C(=O)CCN3C(=O)[C@H]4CC=CC[C@@H]4C3=O)CC2)cc1. The van der Waals surface area contributed by atoms with Crippen molar-refractivity contribution in [3.63, 3.8) is 0 Å². The van der Waals surface area contributed by atoms with Gasteiger partial charge in [0.25, 0.3) is 0 Å². The molecule has 0 radical (unpaired) electrons. The smallest absolute Gasteiger partial charge is 0.238 e. The number of nitrogens with two attached hydrogens (primary N) is 1. The average molecular weight is 489 g/mol. The monoisotopic (exact) mass is 488 g/mol. The Morgan fingerprint density at radius 1 is 0.971 bits per heavy atom. The molecule has 2 heterocycles. The van der Waals surface area contributed by atoms with Crippen molar-refractivity contribution in [3.8, 4) is 0 Å². The zero-order valence-electron chi connectivity index (χ0n) is 18.7. The van der Waals surface area contributed by atoms with Crippen molar-refractivity contribution in [2.45, 2.75) is 37.0 Å². The van der Waals surface area contributed by atoms with Gasteiger partial charge in [-0.15, -0.1) is 0 Å². The molecule has 2 aliphatic heterocycles. The molecular weight excluding hydrogens is 460 g/mol. The second kappa shape index (κ2) is 9.67. The summed E-state index contributed by atoms with van der Waals surface area (Å²) in [5.74, 6) is -1.56. The molecule has 0 unspecified atom stereocenters. The third-order valence-corrected chi connectivity index (χ3v) is 7.75. The molecular formula is C23H28N4O6S. The number of nitrogens with zero attached hydrogens (tertiary/aromatic N) is 2. The Balaban J connectivity index is 1.23. The number of amides is 4. The van der Waals surface area contributed by atoms with E-state index in [9.17, 15) is 27.6 Å². The van der Waals surface area contributed by atoms with Crippen LogP contribution < -0.4 is 10.5 Å². The van der Waals surface area contributed by atoms with Crippen molar-refractivity contribution in [1.82, 2.24) is 9.80 Å². The lowest BCUT2D eigenvalue weighted by molar-refractivity contribution is -0.141. The highest BCUT2D eigenvalue weighted by Gasteiger charge is 2.47. The van der Waals surface area contributed by atoms with Gasteiger partial charge in [-0.05, 0) is 49.9 Å². The molecule has 2 atom stereocenters. The summed E-state index contributed by atoms with van der Waals surface area (Å²) in [6.45, 7) is 0.926. The van der Waals surface area contributed by atoms with Crippen molar-refractivity contribution in [3.05, 3.63) is 36.4 Å². The first-order valence-corrected chi connectivity index (χ1v) is 12.9. The van der Waals surface area contributed by atoms with Crippen LogP contribution in [0.2, 0.25) is 0 Å². The molecule has 1 aromatic rings. The summed E-state index contributed by atoms with van der Waals surface area (Å²) < 4.78 is 22.7. The number of primary sulfonamides is 1. The minimum atomic E-state index is -3.80. The second-order valence-electron chi connectivity index (χ2n) is 8.95. The number of piperidine rings is 1. The number of sulfonamides is 1. The van der Waals surface area contributed by atoms with Gasteiger partial charge in [-0.2, -0.15) is 0 Å². The molecule has 4 amide bonds. The quantitative estimate of drug-likeness (QED) is 0.448. The summed E-state index contributed by atoms with van der Waals surface area (Å²) in [7, 11) is -3.80. The number of allylic oxidation sites excluding steroid dienone is 2. The minimum absolute atomic E-state index is 0.0370. The number of carbonyl (C=O) groups is 4. The van der Waals surface area contributed by atoms with Crippen molar-refractivity contribution >= 4 is 39.3 Å². The Morgan fingerprint density at radius 2 is 1.53 bits per heavy atom. The van der Waals surface area contributed by atoms with E-state index in [2.05, 4.69) is 5.32 Å². The third kappa shape index (κ3) is 5.05. The van der Waals surface area contributed by atoms with Gasteiger partial charge in [0.1, 0.15) is 0 Å². The van der Waals surface area contributed by atoms with Crippen LogP contribution >= 0.6 is 0 Å². The molecule has 0 bridgehead atoms. The van der Waals surface area contributed by atoms with Crippen molar-refractivity contribution in [2.75, 3.05) is 25.0 Å². The topological polar surface area (TPSA) is 147 Å². The number of anilines is 1. The number of likely N-dealkylation sites (tertiary alicyclic amines) is 2. The first-order valence-electron chi connectivity index (χ1n) is 11.4. The Morgan fingerprint density at radius 3 is 2.06 bits per heavy atom. The number of benzene rings is 1. The van der Waals surface area contributed by atoms with E-state index in [1.54, 1.807) is 4.90 Å². The van der Waals surface area contributed by atoms with E-state index in [4.69, 9.17) is 5.14 Å². The van der Waals surface area contributed by atoms with Crippen LogP contribution in [0.5, 0.6) is 0 Å². The van der Waals surface area contributed by atoms with Crippen molar-refractivity contribution in [1.29, 1.82) is 0 Å². The van der Waals surface area contributed by atoms with Gasteiger partial charge in [0.15, 0.2) is 0 Å². The summed E-state index contributed by atoms with van der Waals surface area (Å²) in [6, 6.07) is 5.61. The Kier molecular flexibility index (Phi) is 6.85. The molecule has 4 rings (SSSR count). The number of hydrogen-bond donors (Lipinski definition) is 2. The maximum atomic E-state index is 12.7. The predicted molar refractivity (Wildman–Crippen MR) is 122 cm³/mol. The van der Waals surface area contributed by atoms with Crippen LogP contribution in [-0.2, 0) is 29.2 Å². The highest BCUT2D eigenvalue weighted by Crippen LogP contribution is 2.35. The summed E-state index contributed by atoms with van der Waals surface area (Å²) in [4.78, 5) is 53.2. The lowest BCUT2D eigenvalue weighted by Crippen LogP contribution is -2.43. The maximum absolute atomic E-state index is 12.7. The van der Waals surface area contributed by atoms with E-state index in [-0.39, 0.29) is 59.2 Å². The van der Waals surface area contributed by atoms with Crippen LogP contribution in [0.3, 0.4) is 0 Å². The minimum Gasteiger partial charge on any atom is -0.343 e. The standard InChI is InChI=1S/C23H28N4O6S/c24-34(32,33)17-7-5-16(6-8-17)25-21(29)15-9-12-26(13-10-15)20(28)11-14-27-22(30)18-3-1-2-4-19(18)23(27)31/h1-2,5-8,15,18-19H,3-4,9-14H2,(H,25,29)(H2,24,32,33)/t18-,19-/m0/s1. The fraction of sp³-hybridized carbons (Fsp3) is 0.478. The number of carbonyl (C=O) groups excluding carboxylic acids is 4. The largest absolute Gasteiger partial charge is 0.343 e. The molecule has 0 saturated carbocycles. The third-order valence-electron chi connectivity index (χ3n) is 6.82. The summed E-state index contributed by atoms with van der Waals surface area (Å²) in [5.41, 5.74) is 0.464. The van der Waals surface area contributed by atoms with Gasteiger partial charge in [-0.25, -0.2) is 13.6 Å². The summed E-state index contributed by atoms with van der Waals surface area (Å²) in [5, 5.41) is 7.84. The average Bonchev–Trinajstić information content (AvgIpc) is 3.07. The Bertz CT molecular complexity index is 1100. The molecule has 3 aliphatic rings. The molecule has 11 heteroatoms. The van der Waals surface area contributed by atoms with Gasteiger partial charge in [-0.1, -0.05) is 12.2 Å². The molecule has 3 N–H and O–H groups in total. The van der Waals surface area contributed by atoms with Gasteiger partial charge in [0.05, 0.1) is 16.7 Å². The number of nitrogens with one attached hydrogen (secondary N) is 1. The maximum Gasteiger partial charge on any atom is 0.238 e. The molecule has 0 spiro atoms. The summed E-state index contributed by atoms with van der Waals surface area (Å²) >= 11 is 0. The van der Waals surface area contributed by atoms with Crippen molar-refractivity contribution < 1.29 is 27.6 Å². The molecule has 10 nitrogen and oxygen atoms in total. The zero-order chi connectivity index (χ0) is 24.5. The molecule has 2 fully saturated rings. The first-order chi connectivity index (χ1) is 16.1. The number of rotatable bonds is 6. The highest BCUT2D eigenvalue weighted by atomic mass is 32.2. The van der Waals surface area contributed by atoms with Crippen LogP contribution in [0.15, 0.2) is 41.3 Å². The van der Waals surface area contributed by atoms with Crippen LogP contribution in [0.4, 0.5) is 5.69 Å². The number of imide groups is 1. The first kappa shape index (κ1) is 24.1.